The van der Waals surface area contributed by atoms with E-state index < -0.39 is 15.9 Å². The van der Waals surface area contributed by atoms with Crippen LogP contribution in [0.4, 0.5) is 5.88 Å². The number of primary amides is 1. The second-order valence-corrected chi connectivity index (χ2v) is 6.44. The van der Waals surface area contributed by atoms with Gasteiger partial charge < -0.3 is 10.3 Å². The fourth-order valence-electron chi connectivity index (χ4n) is 1.29. The molecule has 0 aliphatic carbocycles. The van der Waals surface area contributed by atoms with Crippen molar-refractivity contribution in [2.24, 2.45) is 5.73 Å². The number of hydrogen-bond donors (Lipinski definition) is 2. The molecule has 2 rings (SSSR count). The van der Waals surface area contributed by atoms with Gasteiger partial charge in [0.25, 0.3) is 21.8 Å². The minimum absolute atomic E-state index is 0.0550. The number of hydrogen-bond acceptors (Lipinski definition) is 6. The molecular weight excluding hydrogens is 314 g/mol. The van der Waals surface area contributed by atoms with E-state index in [1.165, 1.54) is 11.4 Å². The molecule has 19 heavy (non-hydrogen) atoms. The highest BCUT2D eigenvalue weighted by atomic mass is 35.5. The molecule has 0 unspecified atom stereocenters. The van der Waals surface area contributed by atoms with Crippen LogP contribution in [0.1, 0.15) is 15.4 Å². The number of nitrogens with one attached hydrogen (secondary N) is 1. The molecule has 0 radical (unpaired) electrons. The lowest BCUT2D eigenvalue weighted by Gasteiger charge is -2.04. The second kappa shape index (κ2) is 4.83. The maximum absolute atomic E-state index is 12.1. The fraction of sp³-hybridized carbons (Fsp3) is 0.111. The van der Waals surface area contributed by atoms with Crippen molar-refractivity contribution in [2.45, 2.75) is 11.8 Å². The molecule has 0 aliphatic heterocycles. The lowest BCUT2D eigenvalue weighted by molar-refractivity contribution is 0.100. The maximum Gasteiger partial charge on any atom is 0.265 e. The first-order valence-corrected chi connectivity index (χ1v) is 7.59. The Morgan fingerprint density at radius 1 is 1.58 bits per heavy atom. The lowest BCUT2D eigenvalue weighted by Crippen LogP contribution is -2.18. The molecule has 2 aromatic heterocycles. The molecule has 1 amide bonds. The second-order valence-electron chi connectivity index (χ2n) is 3.49. The summed E-state index contributed by atoms with van der Waals surface area (Å²) >= 11 is 6.74. The quantitative estimate of drug-likeness (QED) is 0.887. The third-order valence-corrected chi connectivity index (χ3v) is 5.04. The minimum atomic E-state index is -4.01. The van der Waals surface area contributed by atoms with Gasteiger partial charge in [-0.2, -0.15) is 0 Å². The van der Waals surface area contributed by atoms with Gasteiger partial charge in [0.1, 0.15) is 20.5 Å². The van der Waals surface area contributed by atoms with Crippen molar-refractivity contribution < 1.29 is 17.7 Å². The van der Waals surface area contributed by atoms with Crippen molar-refractivity contribution in [2.75, 3.05) is 4.72 Å². The number of nitrogens with zero attached hydrogens (tertiary/aromatic N) is 1. The Labute approximate surface area is 117 Å². The first-order chi connectivity index (χ1) is 8.83. The largest absolute Gasteiger partial charge is 0.365 e. The monoisotopic (exact) mass is 321 g/mol. The van der Waals surface area contributed by atoms with Crippen LogP contribution in [0.25, 0.3) is 0 Å². The number of rotatable bonds is 4. The van der Waals surface area contributed by atoms with Gasteiger partial charge in [0.15, 0.2) is 0 Å². The number of carbonyl (C=O) groups is 1. The predicted octanol–water partition coefficient (Wildman–Crippen LogP) is 1.60. The average molecular weight is 322 g/mol. The molecule has 0 aliphatic rings. The van der Waals surface area contributed by atoms with Crippen LogP contribution in [0, 0.1) is 6.92 Å². The van der Waals surface area contributed by atoms with Gasteiger partial charge in [-0.1, -0.05) is 16.8 Å². The minimum Gasteiger partial charge on any atom is -0.365 e. The first-order valence-electron chi connectivity index (χ1n) is 4.85. The van der Waals surface area contributed by atoms with E-state index in [2.05, 4.69) is 9.88 Å². The van der Waals surface area contributed by atoms with E-state index in [4.69, 9.17) is 21.9 Å². The van der Waals surface area contributed by atoms with E-state index >= 15 is 0 Å². The molecule has 0 fully saturated rings. The SMILES string of the molecule is Cc1noc(NS(=O)(=O)c2ccsc2C(N)=O)c1Cl. The Kier molecular flexibility index (Phi) is 3.52. The summed E-state index contributed by atoms with van der Waals surface area (Å²) in [5.74, 6) is -1.03. The van der Waals surface area contributed by atoms with Gasteiger partial charge in [0.05, 0.1) is 0 Å². The highest BCUT2D eigenvalue weighted by Crippen LogP contribution is 2.29. The highest BCUT2D eigenvalue weighted by Gasteiger charge is 2.25. The number of sulfonamides is 1. The molecule has 3 N–H and O–H groups in total. The lowest BCUT2D eigenvalue weighted by atomic mass is 10.4. The molecule has 7 nitrogen and oxygen atoms in total. The van der Waals surface area contributed by atoms with Crippen LogP contribution in [0.2, 0.25) is 5.02 Å². The summed E-state index contributed by atoms with van der Waals surface area (Å²) in [5.41, 5.74) is 5.45. The van der Waals surface area contributed by atoms with Crippen LogP contribution in [0.3, 0.4) is 0 Å². The Bertz CT molecular complexity index is 734. The molecule has 10 heteroatoms. The van der Waals surface area contributed by atoms with Gasteiger partial charge in [-0.05, 0) is 18.4 Å². The number of nitrogens with two attached hydrogens (primary N) is 1. The number of halogens is 1. The van der Waals surface area contributed by atoms with Gasteiger partial charge in [-0.25, -0.2) is 13.1 Å². The topological polar surface area (TPSA) is 115 Å². The number of aromatic nitrogens is 1. The summed E-state index contributed by atoms with van der Waals surface area (Å²) < 4.78 is 31.0. The molecule has 102 valence electrons. The number of carbonyl (C=O) groups excluding carboxylic acids is 1. The van der Waals surface area contributed by atoms with Gasteiger partial charge in [0.2, 0.25) is 0 Å². The van der Waals surface area contributed by atoms with E-state index in [0.717, 1.165) is 11.3 Å². The van der Waals surface area contributed by atoms with Crippen LogP contribution >= 0.6 is 22.9 Å². The predicted molar refractivity (Wildman–Crippen MR) is 69.9 cm³/mol. The van der Waals surface area contributed by atoms with Crippen molar-refractivity contribution in [1.29, 1.82) is 0 Å². The summed E-state index contributed by atoms with van der Waals surface area (Å²) in [7, 11) is -4.01. The number of amides is 1. The standard InChI is InChI=1S/C9H8ClN3O4S2/c1-4-6(10)9(17-12-4)13-19(15,16)5-2-3-18-7(5)8(11)14/h2-3,13H,1H3,(H2,11,14). The van der Waals surface area contributed by atoms with E-state index in [1.54, 1.807) is 6.92 Å². The Morgan fingerprint density at radius 3 is 2.79 bits per heavy atom. The van der Waals surface area contributed by atoms with Crippen molar-refractivity contribution in [1.82, 2.24) is 5.16 Å². The zero-order valence-corrected chi connectivity index (χ0v) is 11.9. The summed E-state index contributed by atoms with van der Waals surface area (Å²) in [6.45, 7) is 1.56. The zero-order valence-electron chi connectivity index (χ0n) is 9.51. The van der Waals surface area contributed by atoms with Crippen LogP contribution in [-0.4, -0.2) is 19.5 Å². The third kappa shape index (κ3) is 2.57. The van der Waals surface area contributed by atoms with E-state index in [-0.39, 0.29) is 20.7 Å². The van der Waals surface area contributed by atoms with Crippen LogP contribution in [-0.2, 0) is 10.0 Å². The van der Waals surface area contributed by atoms with Crippen molar-refractivity contribution >= 4 is 44.8 Å². The van der Waals surface area contributed by atoms with Crippen LogP contribution in [0.15, 0.2) is 20.9 Å². The summed E-state index contributed by atoms with van der Waals surface area (Å²) in [6, 6.07) is 1.27. The van der Waals surface area contributed by atoms with Gasteiger partial charge in [0, 0.05) is 0 Å². The molecule has 2 heterocycles. The Morgan fingerprint density at radius 2 is 2.26 bits per heavy atom. The van der Waals surface area contributed by atoms with Crippen LogP contribution in [0.5, 0.6) is 0 Å². The number of aryl methyl sites for hydroxylation is 1. The summed E-state index contributed by atoms with van der Waals surface area (Å²) in [5, 5.41) is 5.02. The number of thiophene rings is 1. The Hall–Kier alpha value is -1.58. The van der Waals surface area contributed by atoms with Crippen molar-refractivity contribution in [3.05, 3.63) is 27.0 Å². The van der Waals surface area contributed by atoms with Crippen LogP contribution < -0.4 is 10.5 Å². The number of anilines is 1. The Balaban J connectivity index is 2.41. The highest BCUT2D eigenvalue weighted by molar-refractivity contribution is 7.93. The van der Waals surface area contributed by atoms with Gasteiger partial charge >= 0.3 is 0 Å². The fourth-order valence-corrected chi connectivity index (χ4v) is 3.75. The molecule has 0 saturated heterocycles. The first kappa shape index (κ1) is 13.8. The van der Waals surface area contributed by atoms with Crippen molar-refractivity contribution in [3.8, 4) is 0 Å². The molecule has 2 aromatic rings. The van der Waals surface area contributed by atoms with E-state index in [1.807, 2.05) is 0 Å². The molecule has 0 spiro atoms. The van der Waals surface area contributed by atoms with E-state index in [9.17, 15) is 13.2 Å². The summed E-state index contributed by atoms with van der Waals surface area (Å²) in [6.07, 6.45) is 0. The molecule has 0 bridgehead atoms. The molecule has 0 atom stereocenters. The van der Waals surface area contributed by atoms with Gasteiger partial charge in [-0.15, -0.1) is 11.3 Å². The zero-order chi connectivity index (χ0) is 14.2. The molecular formula is C9H8ClN3O4S2. The van der Waals surface area contributed by atoms with Crippen molar-refractivity contribution in [3.63, 3.8) is 0 Å². The third-order valence-electron chi connectivity index (χ3n) is 2.16. The summed E-state index contributed by atoms with van der Waals surface area (Å²) in [4.78, 5) is 10.8. The average Bonchev–Trinajstić information content (AvgIpc) is 2.91. The van der Waals surface area contributed by atoms with Gasteiger partial charge in [-0.3, -0.25) is 4.79 Å². The molecule has 0 saturated carbocycles. The smallest absolute Gasteiger partial charge is 0.265 e. The van der Waals surface area contributed by atoms with E-state index in [0.29, 0.717) is 5.69 Å². The maximum atomic E-state index is 12.1. The molecule has 0 aromatic carbocycles. The normalized spacial score (nSPS) is 11.5.